The lowest BCUT2D eigenvalue weighted by atomic mass is 9.90. The zero-order valence-electron chi connectivity index (χ0n) is 51.9. The van der Waals surface area contributed by atoms with Gasteiger partial charge < -0.3 is 70.7 Å². The first kappa shape index (κ1) is 78.7. The predicted octanol–water partition coefficient (Wildman–Crippen LogP) is 12.9. The Morgan fingerprint density at radius 3 is 1.12 bits per heavy atom. The quantitative estimate of drug-likeness (QED) is 0.0566. The van der Waals surface area contributed by atoms with Crippen molar-refractivity contribution in [2.45, 2.75) is 257 Å². The summed E-state index contributed by atoms with van der Waals surface area (Å²) in [5.74, 6) is 1.24. The molecule has 2 saturated carbocycles. The van der Waals surface area contributed by atoms with Gasteiger partial charge >= 0.3 is 36.6 Å². The second-order valence-electron chi connectivity index (χ2n) is 22.1. The summed E-state index contributed by atoms with van der Waals surface area (Å²) in [5.41, 5.74) is 0.588. The van der Waals surface area contributed by atoms with Gasteiger partial charge in [0.1, 0.15) is 12.2 Å². The molecule has 8 N–H and O–H groups in total. The number of hydrogen-bond acceptors (Lipinski definition) is 14. The van der Waals surface area contributed by atoms with E-state index in [4.69, 9.17) is 28.8 Å². The lowest BCUT2D eigenvalue weighted by molar-refractivity contribution is 0.0512. The fourth-order valence-electron chi connectivity index (χ4n) is 6.24. The van der Waals surface area contributed by atoms with Crippen LogP contribution in [0.25, 0.3) is 0 Å². The molecule has 2 fully saturated rings. The Morgan fingerprint density at radius 1 is 0.487 bits per heavy atom. The highest BCUT2D eigenvalue weighted by Gasteiger charge is 2.18. The van der Waals surface area contributed by atoms with Crippen LogP contribution in [-0.4, -0.2) is 115 Å². The highest BCUT2D eigenvalue weighted by Crippen LogP contribution is 2.25. The summed E-state index contributed by atoms with van der Waals surface area (Å²) in [4.78, 5) is 65.5. The standard InChI is InChI=1S/C11H21NO2.C11H15NO2.C10H19NO2.C8H17NO2.C7H15NO2.C6H13NO2.C5H11NO/c2*1-9(2)12-11(13)14-8-10-6-4-3-5-7-10;1-8(2)11-10(12)13-7-9-5-3-4-6-9;1-6(2)9-7(10)11-8(3,4)5;1-5(2)8-7(9)10-6(3)4;1-4-9-6(8)7-5(2)3;1-4(2)6-5(3)7/h9-10H,3-8H2,1-2H3,(H,12,13);3-7,9H,8H2,1-2H3,(H,12,13);8-9H,3-7H2,1-2H3,(H,11,12);6H,1-5H3,(H,9,10);5-6H,1-4H3,(H,8,9);5H,4H2,1-3H3,(H,7,8);4,6-7H,3H2,1-2H3. The molecule has 0 radical (unpaired) electrons. The highest BCUT2D eigenvalue weighted by molar-refractivity contribution is 5.69. The van der Waals surface area contributed by atoms with E-state index in [9.17, 15) is 28.8 Å². The van der Waals surface area contributed by atoms with Gasteiger partial charge in [-0.25, -0.2) is 28.8 Å². The third-order valence-electron chi connectivity index (χ3n) is 9.22. The van der Waals surface area contributed by atoms with Gasteiger partial charge in [-0.15, -0.1) is 0 Å². The van der Waals surface area contributed by atoms with Crippen LogP contribution in [0, 0.1) is 11.8 Å². The molecule has 3 rings (SSSR count). The van der Waals surface area contributed by atoms with Crippen molar-refractivity contribution in [3.63, 3.8) is 0 Å². The summed E-state index contributed by atoms with van der Waals surface area (Å²) < 4.78 is 29.6. The second kappa shape index (κ2) is 48.3. The molecule has 20 heteroatoms. The number of ether oxygens (including phenoxy) is 6. The Bertz CT molecular complexity index is 1680. The third kappa shape index (κ3) is 64.5. The van der Waals surface area contributed by atoms with Crippen molar-refractivity contribution in [1.29, 1.82) is 0 Å². The summed E-state index contributed by atoms with van der Waals surface area (Å²) in [5, 5.41) is 27.0. The highest BCUT2D eigenvalue weighted by atomic mass is 16.6. The van der Waals surface area contributed by atoms with Crippen LogP contribution >= 0.6 is 0 Å². The van der Waals surface area contributed by atoms with Crippen LogP contribution in [0.4, 0.5) is 28.8 Å². The first-order valence-corrected chi connectivity index (χ1v) is 28.1. The minimum atomic E-state index is -0.404. The molecule has 0 saturated heterocycles. The molecule has 78 heavy (non-hydrogen) atoms. The van der Waals surface area contributed by atoms with E-state index in [-0.39, 0.29) is 90.8 Å². The summed E-state index contributed by atoms with van der Waals surface area (Å²) in [6.45, 7) is 42.8. The zero-order chi connectivity index (χ0) is 60.8. The smallest absolute Gasteiger partial charge is 0.407 e. The summed E-state index contributed by atoms with van der Waals surface area (Å²) >= 11 is 0. The van der Waals surface area contributed by atoms with Crippen molar-refractivity contribution in [2.75, 3.05) is 19.8 Å². The Balaban J connectivity index is -0.000000414. The molecule has 20 nitrogen and oxygen atoms in total. The molecule has 2 aliphatic carbocycles. The second-order valence-corrected chi connectivity index (χ2v) is 22.1. The van der Waals surface area contributed by atoms with Gasteiger partial charge in [-0.3, -0.25) is 0 Å². The minimum Gasteiger partial charge on any atom is -0.495 e. The number of benzene rings is 1. The van der Waals surface area contributed by atoms with Crippen LogP contribution in [0.1, 0.15) is 202 Å². The Morgan fingerprint density at radius 2 is 0.808 bits per heavy atom. The third-order valence-corrected chi connectivity index (χ3v) is 9.22. The predicted molar refractivity (Wildman–Crippen MR) is 312 cm³/mol. The van der Waals surface area contributed by atoms with E-state index < -0.39 is 5.60 Å². The fourth-order valence-corrected chi connectivity index (χ4v) is 6.24. The Labute approximate surface area is 471 Å². The van der Waals surface area contributed by atoms with Crippen LogP contribution < -0.4 is 37.2 Å². The normalized spacial score (nSPS) is 12.8. The lowest BCUT2D eigenvalue weighted by Gasteiger charge is -2.21. The Hall–Kier alpha value is -5.82. The topological polar surface area (TPSA) is 262 Å². The van der Waals surface area contributed by atoms with Crippen molar-refractivity contribution < 1.29 is 62.3 Å². The minimum absolute atomic E-state index is 0.0370. The average Bonchev–Trinajstić information content (AvgIpc) is 3.80. The Kier molecular flexibility index (Phi) is 48.7. The van der Waals surface area contributed by atoms with E-state index in [1.54, 1.807) is 6.92 Å². The SMILES string of the molecule is C=C(O)NC(C)C.CC(C)NC(=O)OC(C)(C)C.CC(C)NC(=O)OC(C)C.CC(C)NC(=O)OCC1CCCC1.CC(C)NC(=O)OCC1CCCCC1.CC(C)NC(=O)OCc1ccccc1.CCOC(=O)NC(C)C. The van der Waals surface area contributed by atoms with Crippen LogP contribution in [0.3, 0.4) is 0 Å². The van der Waals surface area contributed by atoms with Gasteiger partial charge in [0.25, 0.3) is 0 Å². The lowest BCUT2D eigenvalue weighted by Crippen LogP contribution is -2.36. The molecule has 0 unspecified atom stereocenters. The van der Waals surface area contributed by atoms with E-state index in [2.05, 4.69) is 48.5 Å². The van der Waals surface area contributed by atoms with Crippen LogP contribution in [0.5, 0.6) is 0 Å². The molecule has 0 heterocycles. The van der Waals surface area contributed by atoms with Crippen molar-refractivity contribution in [1.82, 2.24) is 37.2 Å². The first-order chi connectivity index (χ1) is 36.2. The van der Waals surface area contributed by atoms with E-state index in [0.717, 1.165) is 5.56 Å². The van der Waals surface area contributed by atoms with Crippen molar-refractivity contribution in [3.8, 4) is 0 Å². The van der Waals surface area contributed by atoms with Gasteiger partial charge in [0.15, 0.2) is 5.88 Å². The van der Waals surface area contributed by atoms with Crippen molar-refractivity contribution in [3.05, 3.63) is 48.4 Å². The van der Waals surface area contributed by atoms with E-state index in [1.165, 1.54) is 57.8 Å². The molecule has 0 spiro atoms. The number of aliphatic hydroxyl groups excluding tert-OH is 1. The monoisotopic (exact) mass is 1110 g/mol. The number of rotatable bonds is 16. The van der Waals surface area contributed by atoms with Gasteiger partial charge in [0, 0.05) is 42.3 Å². The maximum atomic E-state index is 11.2. The van der Waals surface area contributed by atoms with Crippen LogP contribution in [0.2, 0.25) is 0 Å². The molecular weight excluding hydrogens is 1000 g/mol. The molecule has 6 amide bonds. The maximum Gasteiger partial charge on any atom is 0.407 e. The summed E-state index contributed by atoms with van der Waals surface area (Å²) in [7, 11) is 0. The average molecular weight is 1110 g/mol. The summed E-state index contributed by atoms with van der Waals surface area (Å²) in [6, 6.07) is 10.7. The number of amides is 6. The van der Waals surface area contributed by atoms with Gasteiger partial charge in [-0.1, -0.05) is 62.4 Å². The molecule has 1 aromatic rings. The van der Waals surface area contributed by atoms with Crippen LogP contribution in [-0.2, 0) is 35.0 Å². The molecule has 1 aromatic carbocycles. The largest absolute Gasteiger partial charge is 0.495 e. The number of hydrogen-bond donors (Lipinski definition) is 8. The fraction of sp³-hybridized carbons (Fsp3) is 0.759. The molecule has 0 bridgehead atoms. The number of aliphatic hydroxyl groups is 1. The maximum absolute atomic E-state index is 11.2. The number of nitrogens with one attached hydrogen (secondary N) is 7. The van der Waals surface area contributed by atoms with E-state index in [1.807, 2.05) is 162 Å². The van der Waals surface area contributed by atoms with Gasteiger partial charge in [-0.05, 0) is 188 Å². The van der Waals surface area contributed by atoms with Crippen LogP contribution in [0.15, 0.2) is 42.8 Å². The van der Waals surface area contributed by atoms with Crippen molar-refractivity contribution >= 4 is 36.6 Å². The van der Waals surface area contributed by atoms with E-state index in [0.29, 0.717) is 38.3 Å². The first-order valence-electron chi connectivity index (χ1n) is 28.1. The van der Waals surface area contributed by atoms with Crippen molar-refractivity contribution in [2.24, 2.45) is 11.8 Å². The molecular formula is C58H111N7O13. The molecule has 0 atom stereocenters. The van der Waals surface area contributed by atoms with Gasteiger partial charge in [-0.2, -0.15) is 0 Å². The number of carbonyl (C=O) groups excluding carboxylic acids is 6. The summed E-state index contributed by atoms with van der Waals surface area (Å²) in [6.07, 6.45) is 9.38. The number of carbonyl (C=O) groups is 6. The van der Waals surface area contributed by atoms with Gasteiger partial charge in [0.05, 0.1) is 25.9 Å². The molecule has 0 aliphatic heterocycles. The van der Waals surface area contributed by atoms with Gasteiger partial charge in [0.2, 0.25) is 0 Å². The molecule has 456 valence electrons. The molecule has 0 aromatic heterocycles. The molecule has 2 aliphatic rings. The zero-order valence-corrected chi connectivity index (χ0v) is 51.9. The van der Waals surface area contributed by atoms with E-state index >= 15 is 0 Å². The number of alkyl carbamates (subject to hydrolysis) is 6.